The molecule has 0 unspecified atom stereocenters. The molecule has 0 aliphatic carbocycles. The second kappa shape index (κ2) is 4.43. The molecule has 0 saturated carbocycles. The second-order valence-corrected chi connectivity index (χ2v) is 3.78. The zero-order valence-corrected chi connectivity index (χ0v) is 9.69. The Bertz CT molecular complexity index is 427. The molecule has 1 aliphatic heterocycles. The van der Waals surface area contributed by atoms with Crippen LogP contribution in [0.1, 0.15) is 12.8 Å². The van der Waals surface area contributed by atoms with Crippen LogP contribution in [0.15, 0.2) is 18.2 Å². The van der Waals surface area contributed by atoms with Crippen molar-refractivity contribution < 1.29 is 14.0 Å². The van der Waals surface area contributed by atoms with E-state index in [1.807, 2.05) is 18.2 Å². The summed E-state index contributed by atoms with van der Waals surface area (Å²) in [6, 6.07) is 5.78. The van der Waals surface area contributed by atoms with Gasteiger partial charge in [0.2, 0.25) is 5.84 Å². The lowest BCUT2D eigenvalue weighted by atomic mass is 10.2. The van der Waals surface area contributed by atoms with Crippen LogP contribution in [-0.2, 0) is 0 Å². The summed E-state index contributed by atoms with van der Waals surface area (Å²) in [5, 5.41) is 0. The first-order valence-corrected chi connectivity index (χ1v) is 5.37. The number of hydrogen-bond donors (Lipinski definition) is 1. The van der Waals surface area contributed by atoms with Gasteiger partial charge in [0.1, 0.15) is 5.75 Å². The molecule has 0 amide bonds. The van der Waals surface area contributed by atoms with E-state index in [-0.39, 0.29) is 0 Å². The first-order chi connectivity index (χ1) is 7.76. The van der Waals surface area contributed by atoms with Crippen molar-refractivity contribution in [2.24, 2.45) is 5.73 Å². The Kier molecular flexibility index (Phi) is 2.99. The third kappa shape index (κ3) is 1.83. The van der Waals surface area contributed by atoms with Crippen molar-refractivity contribution in [1.82, 2.24) is 0 Å². The smallest absolute Gasteiger partial charge is 0.247 e. The van der Waals surface area contributed by atoms with Gasteiger partial charge in [-0.1, -0.05) is 0 Å². The molecule has 4 heteroatoms. The first kappa shape index (κ1) is 10.8. The highest BCUT2D eigenvalue weighted by atomic mass is 16.5. The summed E-state index contributed by atoms with van der Waals surface area (Å²) in [5.41, 5.74) is 6.97. The topological polar surface area (TPSA) is 47.5 Å². The third-order valence-electron chi connectivity index (χ3n) is 2.84. The van der Waals surface area contributed by atoms with Gasteiger partial charge in [-0.3, -0.25) is 5.73 Å². The van der Waals surface area contributed by atoms with E-state index in [9.17, 15) is 0 Å². The summed E-state index contributed by atoms with van der Waals surface area (Å²) in [5.74, 6) is 2.49. The zero-order chi connectivity index (χ0) is 11.5. The average molecular weight is 221 g/mol. The Balaban J connectivity index is 2.44. The molecule has 0 radical (unpaired) electrons. The molecular weight excluding hydrogens is 204 g/mol. The Labute approximate surface area is 95.3 Å². The van der Waals surface area contributed by atoms with E-state index >= 15 is 0 Å². The minimum atomic E-state index is 0.790. The van der Waals surface area contributed by atoms with Crippen molar-refractivity contribution in [2.45, 2.75) is 12.8 Å². The lowest BCUT2D eigenvalue weighted by molar-refractivity contribution is -0.432. The maximum absolute atomic E-state index is 5.96. The molecule has 4 nitrogen and oxygen atoms in total. The van der Waals surface area contributed by atoms with Gasteiger partial charge in [-0.15, -0.1) is 0 Å². The molecule has 0 saturated heterocycles. The number of methoxy groups -OCH3 is 2. The highest BCUT2D eigenvalue weighted by molar-refractivity contribution is 5.78. The van der Waals surface area contributed by atoms with Gasteiger partial charge in [0.05, 0.1) is 27.2 Å². The van der Waals surface area contributed by atoms with Gasteiger partial charge >= 0.3 is 0 Å². The minimum Gasteiger partial charge on any atom is -0.497 e. The molecule has 2 rings (SSSR count). The number of nitrogens with zero attached hydrogens (tertiary/aromatic N) is 1. The van der Waals surface area contributed by atoms with Crippen LogP contribution in [0, 0.1) is 0 Å². The molecule has 0 fully saturated rings. The second-order valence-electron chi connectivity index (χ2n) is 3.78. The lowest BCUT2D eigenvalue weighted by Gasteiger charge is -2.10. The molecular formula is C12H17N2O2+. The number of hydrogen-bond acceptors (Lipinski definition) is 3. The van der Waals surface area contributed by atoms with Crippen molar-refractivity contribution in [3.63, 3.8) is 0 Å². The van der Waals surface area contributed by atoms with Crippen LogP contribution >= 0.6 is 0 Å². The summed E-state index contributed by atoms with van der Waals surface area (Å²) in [6.45, 7) is 0.953. The Morgan fingerprint density at radius 1 is 1.25 bits per heavy atom. The van der Waals surface area contributed by atoms with Gasteiger partial charge in [-0.2, -0.15) is 0 Å². The van der Waals surface area contributed by atoms with E-state index in [1.165, 1.54) is 0 Å². The van der Waals surface area contributed by atoms with E-state index in [2.05, 4.69) is 4.58 Å². The summed E-state index contributed by atoms with van der Waals surface area (Å²) in [7, 11) is 3.30. The Hall–Kier alpha value is -1.71. The summed E-state index contributed by atoms with van der Waals surface area (Å²) in [6.07, 6.45) is 2.05. The molecule has 0 spiro atoms. The van der Waals surface area contributed by atoms with Crippen molar-refractivity contribution in [3.8, 4) is 11.5 Å². The summed E-state index contributed by atoms with van der Waals surface area (Å²) < 4.78 is 12.6. The van der Waals surface area contributed by atoms with Crippen LogP contribution in [0.2, 0.25) is 0 Å². The van der Waals surface area contributed by atoms with Crippen molar-refractivity contribution in [1.29, 1.82) is 0 Å². The summed E-state index contributed by atoms with van der Waals surface area (Å²) in [4.78, 5) is 0. The maximum Gasteiger partial charge on any atom is 0.247 e. The summed E-state index contributed by atoms with van der Waals surface area (Å²) >= 11 is 0. The zero-order valence-electron chi connectivity index (χ0n) is 9.69. The van der Waals surface area contributed by atoms with Crippen molar-refractivity contribution in [2.75, 3.05) is 20.8 Å². The molecule has 0 bridgehead atoms. The number of benzene rings is 1. The van der Waals surface area contributed by atoms with E-state index in [1.54, 1.807) is 14.2 Å². The quantitative estimate of drug-likeness (QED) is 0.787. The number of nitrogens with two attached hydrogens (primary N) is 1. The highest BCUT2D eigenvalue weighted by Gasteiger charge is 2.21. The molecule has 16 heavy (non-hydrogen) atoms. The van der Waals surface area contributed by atoms with Gasteiger partial charge in [-0.25, -0.2) is 4.58 Å². The molecule has 1 heterocycles. The van der Waals surface area contributed by atoms with Crippen LogP contribution in [0.5, 0.6) is 11.5 Å². The van der Waals surface area contributed by atoms with Crippen LogP contribution in [0.25, 0.3) is 0 Å². The number of rotatable bonds is 3. The molecule has 1 aromatic carbocycles. The van der Waals surface area contributed by atoms with Crippen molar-refractivity contribution >= 4 is 11.5 Å². The fourth-order valence-electron chi connectivity index (χ4n) is 1.98. The Morgan fingerprint density at radius 3 is 2.62 bits per heavy atom. The van der Waals surface area contributed by atoms with Crippen LogP contribution in [-0.4, -0.2) is 31.2 Å². The van der Waals surface area contributed by atoms with Crippen molar-refractivity contribution in [3.05, 3.63) is 18.2 Å². The fourth-order valence-corrected chi connectivity index (χ4v) is 1.98. The molecule has 86 valence electrons. The molecule has 0 atom stereocenters. The Morgan fingerprint density at radius 2 is 2.06 bits per heavy atom. The van der Waals surface area contributed by atoms with Crippen LogP contribution in [0.4, 0.5) is 5.69 Å². The highest BCUT2D eigenvalue weighted by Crippen LogP contribution is 2.32. The van der Waals surface area contributed by atoms with E-state index < -0.39 is 0 Å². The number of amidine groups is 1. The van der Waals surface area contributed by atoms with Crippen LogP contribution in [0.3, 0.4) is 0 Å². The maximum atomic E-state index is 5.96. The molecule has 0 aromatic heterocycles. The number of ether oxygens (including phenoxy) is 2. The normalized spacial score (nSPS) is 15.4. The SMILES string of the molecule is COc1ccc([N+]2=C(N)CCC2)c(OC)c1. The molecule has 1 aliphatic rings. The fraction of sp³-hybridized carbons (Fsp3) is 0.417. The monoisotopic (exact) mass is 221 g/mol. The van der Waals surface area contributed by atoms with Gasteiger partial charge in [0.25, 0.3) is 0 Å². The molecule has 2 N–H and O–H groups in total. The lowest BCUT2D eigenvalue weighted by Crippen LogP contribution is -2.18. The predicted octanol–water partition coefficient (Wildman–Crippen LogP) is 1.50. The third-order valence-corrected chi connectivity index (χ3v) is 2.84. The van der Waals surface area contributed by atoms with Gasteiger partial charge < -0.3 is 9.47 Å². The molecule has 1 aromatic rings. The van der Waals surface area contributed by atoms with E-state index in [4.69, 9.17) is 15.2 Å². The van der Waals surface area contributed by atoms with E-state index in [0.717, 1.165) is 42.4 Å². The van der Waals surface area contributed by atoms with Gasteiger partial charge in [0, 0.05) is 6.07 Å². The minimum absolute atomic E-state index is 0.790. The van der Waals surface area contributed by atoms with Gasteiger partial charge in [0.15, 0.2) is 11.4 Å². The van der Waals surface area contributed by atoms with Crippen LogP contribution < -0.4 is 15.2 Å². The largest absolute Gasteiger partial charge is 0.497 e. The predicted molar refractivity (Wildman–Crippen MR) is 62.8 cm³/mol. The van der Waals surface area contributed by atoms with Gasteiger partial charge in [-0.05, 0) is 18.6 Å². The van der Waals surface area contributed by atoms with E-state index in [0.29, 0.717) is 0 Å². The first-order valence-electron chi connectivity index (χ1n) is 5.37. The standard InChI is InChI=1S/C12H16N2O2/c1-15-9-5-6-10(11(8-9)16-2)14-7-3-4-12(14)13/h5-6,8,13H,3-4,7H2,1-2H3/p+1. The average Bonchev–Trinajstić information content (AvgIpc) is 2.74.